The van der Waals surface area contributed by atoms with Gasteiger partial charge in [-0.3, -0.25) is 9.59 Å². The number of imidazole rings is 1. The Hall–Kier alpha value is -4.84. The van der Waals surface area contributed by atoms with Crippen molar-refractivity contribution >= 4 is 17.8 Å². The number of likely N-dealkylation sites (tertiary alicyclic amines) is 1. The number of aliphatic carboxylic acids is 1. The van der Waals surface area contributed by atoms with Gasteiger partial charge in [0.25, 0.3) is 0 Å². The van der Waals surface area contributed by atoms with E-state index >= 15 is 0 Å². The number of carbonyl (C=O) groups excluding carboxylic acids is 2. The monoisotopic (exact) mass is 709 g/mol. The van der Waals surface area contributed by atoms with Crippen LogP contribution >= 0.6 is 0 Å². The molecule has 3 aromatic carbocycles. The summed E-state index contributed by atoms with van der Waals surface area (Å²) in [6.45, 7) is 7.61. The Morgan fingerprint density at radius 1 is 0.904 bits per heavy atom. The number of H-pyrrole nitrogens is 1. The van der Waals surface area contributed by atoms with Gasteiger partial charge in [0.15, 0.2) is 0 Å². The molecule has 4 aromatic rings. The lowest BCUT2D eigenvalue weighted by Crippen LogP contribution is -2.53. The number of nitrogens with zero attached hydrogens (tertiary/aromatic N) is 2. The molecule has 2 heterocycles. The van der Waals surface area contributed by atoms with Crippen molar-refractivity contribution in [2.75, 3.05) is 19.6 Å². The highest BCUT2D eigenvalue weighted by Gasteiger charge is 2.41. The summed E-state index contributed by atoms with van der Waals surface area (Å²) in [5, 5.41) is 37.9. The van der Waals surface area contributed by atoms with E-state index in [1.165, 1.54) is 19.4 Å². The third-order valence-corrected chi connectivity index (χ3v) is 10.5. The van der Waals surface area contributed by atoms with Crippen LogP contribution in [0.1, 0.15) is 80.5 Å². The average molecular weight is 710 g/mol. The summed E-state index contributed by atoms with van der Waals surface area (Å²) >= 11 is 0. The Morgan fingerprint density at radius 3 is 2.04 bits per heavy atom. The molecule has 0 radical (unpaired) electrons. The number of aromatic amines is 1. The topological polar surface area (TPSA) is 168 Å². The van der Waals surface area contributed by atoms with Crippen molar-refractivity contribution in [1.82, 2.24) is 25.5 Å². The van der Waals surface area contributed by atoms with Crippen molar-refractivity contribution in [3.8, 4) is 0 Å². The molecule has 1 fully saturated rings. The highest BCUT2D eigenvalue weighted by Crippen LogP contribution is 2.42. The number of rotatable bonds is 16. The molecular weight excluding hydrogens is 658 g/mol. The van der Waals surface area contributed by atoms with Crippen molar-refractivity contribution in [1.29, 1.82) is 0 Å². The predicted octanol–water partition coefficient (Wildman–Crippen LogP) is 4.47. The fourth-order valence-electron chi connectivity index (χ4n) is 7.08. The zero-order valence-electron chi connectivity index (χ0n) is 30.2. The number of carbonyl (C=O) groups is 3. The Balaban J connectivity index is 1.09. The lowest BCUT2D eigenvalue weighted by molar-refractivity contribution is -0.142. The summed E-state index contributed by atoms with van der Waals surface area (Å²) < 4.78 is 0. The maximum absolute atomic E-state index is 13.3. The van der Waals surface area contributed by atoms with E-state index in [0.29, 0.717) is 17.7 Å². The van der Waals surface area contributed by atoms with E-state index in [9.17, 15) is 29.7 Å². The molecule has 3 unspecified atom stereocenters. The number of hydrogen-bond acceptors (Lipinski definition) is 7. The standard InChI is InChI=1S/C41H51N5O6/c1-28(37(48)45-35(38(49)50)25-34-26-42-27-43-34)44-39(51)40(2,3)30-18-16-29(17-19-30)36(47)15-10-22-46-23-20-33(21-24-46)41(52,31-11-6-4-7-12-31)32-13-8-5-9-14-32/h4-9,11-14,16-19,26-28,33,35-36,47,52H,10,15,20-25H2,1-3H3,(H,42,43)(H,44,51)(H,45,48)(H,49,50). The Morgan fingerprint density at radius 2 is 1.50 bits per heavy atom. The van der Waals surface area contributed by atoms with Crippen molar-refractivity contribution in [2.24, 2.45) is 5.92 Å². The summed E-state index contributed by atoms with van der Waals surface area (Å²) in [5.41, 5.74) is 1.83. The van der Waals surface area contributed by atoms with Gasteiger partial charge in [0, 0.05) is 18.3 Å². The maximum Gasteiger partial charge on any atom is 0.326 e. The number of nitrogens with one attached hydrogen (secondary N) is 3. The van der Waals surface area contributed by atoms with Crippen LogP contribution in [0, 0.1) is 5.92 Å². The molecule has 1 aromatic heterocycles. The molecule has 11 heteroatoms. The smallest absolute Gasteiger partial charge is 0.326 e. The van der Waals surface area contributed by atoms with Gasteiger partial charge in [-0.05, 0) is 94.3 Å². The van der Waals surface area contributed by atoms with Crippen LogP contribution in [-0.4, -0.2) is 79.7 Å². The van der Waals surface area contributed by atoms with Crippen LogP contribution in [0.5, 0.6) is 0 Å². The van der Waals surface area contributed by atoms with E-state index in [2.05, 4.69) is 25.5 Å². The Labute approximate surface area is 305 Å². The fraction of sp³-hybridized carbons (Fsp3) is 0.415. The number of hydrogen-bond donors (Lipinski definition) is 6. The summed E-state index contributed by atoms with van der Waals surface area (Å²) in [4.78, 5) is 46.9. The van der Waals surface area contributed by atoms with Crippen molar-refractivity contribution in [3.05, 3.63) is 125 Å². The van der Waals surface area contributed by atoms with E-state index in [4.69, 9.17) is 0 Å². The van der Waals surface area contributed by atoms with E-state index in [1.54, 1.807) is 13.8 Å². The van der Waals surface area contributed by atoms with E-state index < -0.39 is 47.0 Å². The Bertz CT molecular complexity index is 1700. The zero-order chi connectivity index (χ0) is 37.3. The number of aromatic nitrogens is 2. The summed E-state index contributed by atoms with van der Waals surface area (Å²) in [6, 6.07) is 25.0. The summed E-state index contributed by atoms with van der Waals surface area (Å²) in [5.74, 6) is -2.11. The van der Waals surface area contributed by atoms with Gasteiger partial charge in [0.1, 0.15) is 17.7 Å². The second kappa shape index (κ2) is 17.1. The quantitative estimate of drug-likeness (QED) is 0.0992. The molecule has 1 saturated heterocycles. The number of piperidine rings is 1. The van der Waals surface area contributed by atoms with Crippen LogP contribution in [0.2, 0.25) is 0 Å². The van der Waals surface area contributed by atoms with Gasteiger partial charge < -0.3 is 35.8 Å². The number of aliphatic hydroxyl groups excluding tert-OH is 1. The molecule has 2 amide bonds. The minimum atomic E-state index is -1.19. The molecule has 52 heavy (non-hydrogen) atoms. The number of aliphatic hydroxyl groups is 2. The first-order valence-corrected chi connectivity index (χ1v) is 18.0. The molecule has 11 nitrogen and oxygen atoms in total. The SMILES string of the molecule is CC(NC(=O)C(C)(C)c1ccc(C(O)CCCN2CCC(C(O)(c3ccccc3)c3ccccc3)CC2)cc1)C(=O)NC(Cc1cnc[nH]1)C(=O)O. The number of carboxylic acids is 1. The van der Waals surface area contributed by atoms with E-state index in [1.807, 2.05) is 84.9 Å². The largest absolute Gasteiger partial charge is 0.480 e. The van der Waals surface area contributed by atoms with Gasteiger partial charge in [-0.1, -0.05) is 84.9 Å². The molecule has 6 N–H and O–H groups in total. The average Bonchev–Trinajstić information content (AvgIpc) is 3.68. The van der Waals surface area contributed by atoms with Crippen molar-refractivity contribution in [2.45, 2.75) is 82.1 Å². The molecule has 5 rings (SSSR count). The predicted molar refractivity (Wildman–Crippen MR) is 198 cm³/mol. The molecule has 1 aliphatic heterocycles. The summed E-state index contributed by atoms with van der Waals surface area (Å²) in [6.07, 6.45) is 5.43. The fourth-order valence-corrected chi connectivity index (χ4v) is 7.08. The molecule has 276 valence electrons. The lowest BCUT2D eigenvalue weighted by atomic mass is 9.72. The second-order valence-electron chi connectivity index (χ2n) is 14.4. The maximum atomic E-state index is 13.3. The molecule has 0 spiro atoms. The number of benzene rings is 3. The minimum Gasteiger partial charge on any atom is -0.480 e. The first-order valence-electron chi connectivity index (χ1n) is 18.0. The van der Waals surface area contributed by atoms with Gasteiger partial charge in [-0.2, -0.15) is 0 Å². The van der Waals surface area contributed by atoms with Crippen LogP contribution in [0.3, 0.4) is 0 Å². The lowest BCUT2D eigenvalue weighted by Gasteiger charge is -2.42. The van der Waals surface area contributed by atoms with Crippen LogP contribution < -0.4 is 10.6 Å². The van der Waals surface area contributed by atoms with Gasteiger partial charge >= 0.3 is 5.97 Å². The molecule has 0 aliphatic carbocycles. The van der Waals surface area contributed by atoms with Gasteiger partial charge in [0.05, 0.1) is 17.8 Å². The van der Waals surface area contributed by atoms with Crippen molar-refractivity contribution < 1.29 is 29.7 Å². The zero-order valence-corrected chi connectivity index (χ0v) is 30.2. The van der Waals surface area contributed by atoms with Gasteiger partial charge in [-0.15, -0.1) is 0 Å². The van der Waals surface area contributed by atoms with Gasteiger partial charge in [0.2, 0.25) is 11.8 Å². The van der Waals surface area contributed by atoms with E-state index in [0.717, 1.165) is 55.6 Å². The van der Waals surface area contributed by atoms with Crippen LogP contribution in [0.25, 0.3) is 0 Å². The normalized spacial score (nSPS) is 16.1. The van der Waals surface area contributed by atoms with Crippen LogP contribution in [0.15, 0.2) is 97.5 Å². The molecule has 0 bridgehead atoms. The number of carboxylic acid groups (broad SMARTS) is 1. The van der Waals surface area contributed by atoms with Crippen molar-refractivity contribution in [3.63, 3.8) is 0 Å². The first kappa shape index (κ1) is 38.4. The highest BCUT2D eigenvalue weighted by molar-refractivity contribution is 5.93. The molecule has 1 aliphatic rings. The Kier molecular flexibility index (Phi) is 12.6. The highest BCUT2D eigenvalue weighted by atomic mass is 16.4. The van der Waals surface area contributed by atoms with E-state index in [-0.39, 0.29) is 12.3 Å². The molecule has 3 atom stereocenters. The van der Waals surface area contributed by atoms with Crippen LogP contribution in [-0.2, 0) is 31.8 Å². The van der Waals surface area contributed by atoms with Crippen LogP contribution in [0.4, 0.5) is 0 Å². The third kappa shape index (κ3) is 9.14. The van der Waals surface area contributed by atoms with Gasteiger partial charge in [-0.25, -0.2) is 9.78 Å². The third-order valence-electron chi connectivity index (χ3n) is 10.5. The molecule has 0 saturated carbocycles. The summed E-state index contributed by atoms with van der Waals surface area (Å²) in [7, 11) is 0. The minimum absolute atomic E-state index is 0.0275. The first-order chi connectivity index (χ1) is 24.9. The number of amides is 2. The second-order valence-corrected chi connectivity index (χ2v) is 14.4. The molecular formula is C41H51N5O6.